The lowest BCUT2D eigenvalue weighted by atomic mass is 10.2. The smallest absolute Gasteiger partial charge is 0.352 e. The molecule has 10 nitrogen and oxygen atoms in total. The first kappa shape index (κ1) is 18.5. The van der Waals surface area contributed by atoms with Crippen molar-refractivity contribution in [2.45, 2.75) is 6.92 Å². The number of nitrogen functional groups attached to an aromatic ring is 2. The van der Waals surface area contributed by atoms with Crippen LogP contribution in [0, 0.1) is 0 Å². The summed E-state index contributed by atoms with van der Waals surface area (Å²) in [6.07, 6.45) is 1.04. The number of benzene rings is 1. The Kier molecular flexibility index (Phi) is 5.26. The Balaban J connectivity index is 2.34. The molecule has 10 heteroatoms. The summed E-state index contributed by atoms with van der Waals surface area (Å²) in [6.45, 7) is 1.22. The Bertz CT molecular complexity index is 898. The van der Waals surface area contributed by atoms with Gasteiger partial charge in [-0.05, 0) is 30.3 Å². The van der Waals surface area contributed by atoms with Crippen molar-refractivity contribution in [2.75, 3.05) is 18.6 Å². The van der Waals surface area contributed by atoms with Crippen molar-refractivity contribution in [1.29, 1.82) is 0 Å². The minimum atomic E-state index is -1.42. The Labute approximate surface area is 148 Å². The standard InChI is InChI=1S/C16H17N5O5/c1-8(22)21-14(18)11(13(17)20-21)7-12(16(24)25)19-15(23)9-3-5-10(26-2)6-4-9/h3-7H,18H2,1-2H3,(H2,17,20)(H,19,23)(H,24,25)/b12-7+. The number of nitrogens with one attached hydrogen (secondary N) is 1. The van der Waals surface area contributed by atoms with Crippen LogP contribution < -0.4 is 21.5 Å². The zero-order valence-corrected chi connectivity index (χ0v) is 14.0. The highest BCUT2D eigenvalue weighted by atomic mass is 16.5. The number of aliphatic carboxylic acids is 1. The van der Waals surface area contributed by atoms with Gasteiger partial charge in [-0.15, -0.1) is 5.10 Å². The Hall–Kier alpha value is -3.82. The molecule has 0 fully saturated rings. The highest BCUT2D eigenvalue weighted by Crippen LogP contribution is 2.22. The maximum atomic E-state index is 12.2. The first-order chi connectivity index (χ1) is 12.2. The molecule has 2 aromatic rings. The van der Waals surface area contributed by atoms with Crippen LogP contribution in [0.15, 0.2) is 30.0 Å². The lowest BCUT2D eigenvalue weighted by Gasteiger charge is -2.07. The van der Waals surface area contributed by atoms with Gasteiger partial charge in [-0.1, -0.05) is 0 Å². The van der Waals surface area contributed by atoms with Crippen LogP contribution in [0.4, 0.5) is 11.6 Å². The van der Waals surface area contributed by atoms with E-state index in [0.29, 0.717) is 5.75 Å². The minimum Gasteiger partial charge on any atom is -0.497 e. The van der Waals surface area contributed by atoms with Crippen LogP contribution in [0.5, 0.6) is 5.75 Å². The molecule has 0 radical (unpaired) electrons. The largest absolute Gasteiger partial charge is 0.497 e. The molecular formula is C16H17N5O5. The summed E-state index contributed by atoms with van der Waals surface area (Å²) < 4.78 is 5.83. The number of methoxy groups -OCH3 is 1. The fraction of sp³-hybridized carbons (Fsp3) is 0.125. The van der Waals surface area contributed by atoms with E-state index in [-0.39, 0.29) is 22.8 Å². The van der Waals surface area contributed by atoms with Crippen LogP contribution >= 0.6 is 0 Å². The van der Waals surface area contributed by atoms with Gasteiger partial charge in [-0.3, -0.25) is 9.59 Å². The number of nitrogens with zero attached hydrogens (tertiary/aromatic N) is 2. The number of hydrogen-bond donors (Lipinski definition) is 4. The number of ether oxygens (including phenoxy) is 1. The first-order valence-corrected chi connectivity index (χ1v) is 7.30. The van der Waals surface area contributed by atoms with Crippen molar-refractivity contribution in [3.05, 3.63) is 41.1 Å². The Morgan fingerprint density at radius 1 is 1.23 bits per heavy atom. The van der Waals surface area contributed by atoms with Gasteiger partial charge >= 0.3 is 5.97 Å². The highest BCUT2D eigenvalue weighted by Gasteiger charge is 2.19. The van der Waals surface area contributed by atoms with Crippen molar-refractivity contribution in [3.63, 3.8) is 0 Å². The number of anilines is 2. The van der Waals surface area contributed by atoms with Gasteiger partial charge in [0.25, 0.3) is 5.91 Å². The zero-order valence-electron chi connectivity index (χ0n) is 14.0. The Morgan fingerprint density at radius 2 is 1.85 bits per heavy atom. The third kappa shape index (κ3) is 3.80. The number of rotatable bonds is 5. The molecule has 0 spiro atoms. The van der Waals surface area contributed by atoms with E-state index >= 15 is 0 Å². The molecule has 0 bridgehead atoms. The minimum absolute atomic E-state index is 0.0210. The molecule has 1 aromatic carbocycles. The van der Waals surface area contributed by atoms with E-state index < -0.39 is 23.5 Å². The van der Waals surface area contributed by atoms with Gasteiger partial charge in [0, 0.05) is 12.5 Å². The number of carboxylic acids is 1. The van der Waals surface area contributed by atoms with Crippen molar-refractivity contribution in [3.8, 4) is 5.75 Å². The lowest BCUT2D eigenvalue weighted by molar-refractivity contribution is -0.132. The zero-order chi connectivity index (χ0) is 19.4. The van der Waals surface area contributed by atoms with Gasteiger partial charge in [0.1, 0.15) is 17.3 Å². The quantitative estimate of drug-likeness (QED) is 0.563. The van der Waals surface area contributed by atoms with Crippen LogP contribution in [0.25, 0.3) is 6.08 Å². The highest BCUT2D eigenvalue weighted by molar-refractivity contribution is 6.03. The molecule has 0 unspecified atom stereocenters. The fourth-order valence-corrected chi connectivity index (χ4v) is 2.08. The predicted molar refractivity (Wildman–Crippen MR) is 93.4 cm³/mol. The predicted octanol–water partition coefficient (Wildman–Crippen LogP) is 0.572. The second-order valence-corrected chi connectivity index (χ2v) is 5.16. The molecule has 26 heavy (non-hydrogen) atoms. The first-order valence-electron chi connectivity index (χ1n) is 7.30. The second-order valence-electron chi connectivity index (χ2n) is 5.16. The van der Waals surface area contributed by atoms with Gasteiger partial charge < -0.3 is 26.6 Å². The lowest BCUT2D eigenvalue weighted by Crippen LogP contribution is -2.27. The molecule has 2 rings (SSSR count). The number of amides is 1. The summed E-state index contributed by atoms with van der Waals surface area (Å²) in [5.74, 6) is -2.29. The Morgan fingerprint density at radius 3 is 2.31 bits per heavy atom. The summed E-state index contributed by atoms with van der Waals surface area (Å²) in [6, 6.07) is 6.08. The molecule has 1 aromatic heterocycles. The van der Waals surface area contributed by atoms with Crippen LogP contribution in [-0.4, -0.2) is 39.8 Å². The third-order valence-corrected chi connectivity index (χ3v) is 3.41. The van der Waals surface area contributed by atoms with E-state index in [0.717, 1.165) is 10.8 Å². The topological polar surface area (TPSA) is 163 Å². The van der Waals surface area contributed by atoms with E-state index in [9.17, 15) is 19.5 Å². The molecule has 0 saturated carbocycles. The number of carbonyl (C=O) groups excluding carboxylic acids is 2. The molecule has 0 atom stereocenters. The van der Waals surface area contributed by atoms with E-state index in [1.54, 1.807) is 12.1 Å². The number of carboxylic acid groups (broad SMARTS) is 1. The fourth-order valence-electron chi connectivity index (χ4n) is 2.08. The van der Waals surface area contributed by atoms with Crippen LogP contribution in [0.2, 0.25) is 0 Å². The molecular weight excluding hydrogens is 342 g/mol. The molecule has 6 N–H and O–H groups in total. The van der Waals surface area contributed by atoms with Crippen molar-refractivity contribution in [1.82, 2.24) is 15.1 Å². The molecule has 0 saturated heterocycles. The average Bonchev–Trinajstić information content (AvgIpc) is 2.89. The van der Waals surface area contributed by atoms with Crippen LogP contribution in [-0.2, 0) is 4.79 Å². The van der Waals surface area contributed by atoms with Crippen molar-refractivity contribution in [2.24, 2.45) is 0 Å². The summed E-state index contributed by atoms with van der Waals surface area (Å²) in [5, 5.41) is 15.3. The monoisotopic (exact) mass is 359 g/mol. The van der Waals surface area contributed by atoms with Gasteiger partial charge in [-0.2, -0.15) is 4.68 Å². The summed E-state index contributed by atoms with van der Waals surface area (Å²) in [4.78, 5) is 35.1. The van der Waals surface area contributed by atoms with E-state index in [1.165, 1.54) is 26.2 Å². The number of hydrogen-bond acceptors (Lipinski definition) is 7. The SMILES string of the molecule is COc1ccc(C(=O)N/C(=C/c2c(N)nn(C(C)=O)c2N)C(=O)O)cc1. The molecule has 1 amide bonds. The summed E-state index contributed by atoms with van der Waals surface area (Å²) >= 11 is 0. The molecule has 0 aliphatic rings. The maximum Gasteiger partial charge on any atom is 0.352 e. The van der Waals surface area contributed by atoms with Crippen molar-refractivity contribution < 1.29 is 24.2 Å². The van der Waals surface area contributed by atoms with Gasteiger partial charge in [-0.25, -0.2) is 4.79 Å². The number of carbonyl (C=O) groups is 3. The molecule has 0 aliphatic carbocycles. The second kappa shape index (κ2) is 7.38. The van der Waals surface area contributed by atoms with Crippen LogP contribution in [0.3, 0.4) is 0 Å². The summed E-state index contributed by atoms with van der Waals surface area (Å²) in [5.41, 5.74) is 11.2. The molecule has 1 heterocycles. The summed E-state index contributed by atoms with van der Waals surface area (Å²) in [7, 11) is 1.48. The third-order valence-electron chi connectivity index (χ3n) is 3.41. The molecule has 0 aliphatic heterocycles. The number of nitrogens with two attached hydrogens (primary N) is 2. The average molecular weight is 359 g/mol. The van der Waals surface area contributed by atoms with Gasteiger partial charge in [0.2, 0.25) is 5.91 Å². The molecule has 136 valence electrons. The normalized spacial score (nSPS) is 11.1. The number of aromatic nitrogens is 2. The van der Waals surface area contributed by atoms with Crippen molar-refractivity contribution >= 4 is 35.5 Å². The van der Waals surface area contributed by atoms with E-state index in [4.69, 9.17) is 16.2 Å². The van der Waals surface area contributed by atoms with Gasteiger partial charge in [0.15, 0.2) is 5.82 Å². The van der Waals surface area contributed by atoms with Gasteiger partial charge in [0.05, 0.1) is 12.7 Å². The van der Waals surface area contributed by atoms with E-state index in [2.05, 4.69) is 10.4 Å². The van der Waals surface area contributed by atoms with Crippen LogP contribution in [0.1, 0.15) is 27.6 Å². The maximum absolute atomic E-state index is 12.2. The van der Waals surface area contributed by atoms with E-state index in [1.807, 2.05) is 0 Å².